The molecule has 0 aliphatic carbocycles. The number of nitrogens with one attached hydrogen (secondary N) is 1. The molecule has 0 spiro atoms. The molecule has 5 N–H and O–H groups in total. The molecule has 0 amide bonds. The van der Waals surface area contributed by atoms with E-state index in [1.165, 1.54) is 5.56 Å². The molecule has 0 saturated carbocycles. The van der Waals surface area contributed by atoms with Gasteiger partial charge in [0.1, 0.15) is 18.2 Å². The first-order valence-corrected chi connectivity index (χ1v) is 11.8. The monoisotopic (exact) mass is 455 g/mol. The van der Waals surface area contributed by atoms with Crippen molar-refractivity contribution in [3.63, 3.8) is 0 Å². The molecular weight excluding hydrogens is 422 g/mol. The van der Waals surface area contributed by atoms with Crippen LogP contribution in [0.1, 0.15) is 48.4 Å². The van der Waals surface area contributed by atoms with Crippen molar-refractivity contribution < 1.29 is 4.74 Å². The molecule has 1 aromatic heterocycles. The van der Waals surface area contributed by atoms with E-state index in [0.717, 1.165) is 40.3 Å². The molecular formula is C28H33N5O. The van der Waals surface area contributed by atoms with Gasteiger partial charge >= 0.3 is 0 Å². The highest BCUT2D eigenvalue weighted by molar-refractivity contribution is 6.29. The minimum atomic E-state index is 0.178. The Hall–Kier alpha value is -3.64. The molecule has 4 rings (SSSR count). The lowest BCUT2D eigenvalue weighted by Gasteiger charge is -2.26. The minimum absolute atomic E-state index is 0.178. The number of hydrogen-bond donors (Lipinski definition) is 3. The predicted molar refractivity (Wildman–Crippen MR) is 139 cm³/mol. The van der Waals surface area contributed by atoms with Gasteiger partial charge in [-0.25, -0.2) is 0 Å². The molecule has 1 unspecified atom stereocenters. The molecule has 176 valence electrons. The number of benzene rings is 2. The van der Waals surface area contributed by atoms with Gasteiger partial charge in [0, 0.05) is 42.7 Å². The largest absolute Gasteiger partial charge is 0.489 e. The summed E-state index contributed by atoms with van der Waals surface area (Å²) in [6.07, 6.45) is 4.39. The van der Waals surface area contributed by atoms with Crippen LogP contribution < -0.4 is 21.5 Å². The second-order valence-corrected chi connectivity index (χ2v) is 8.83. The smallest absolute Gasteiger partial charge is 0.131 e. The van der Waals surface area contributed by atoms with Crippen LogP contribution in [0.4, 0.5) is 0 Å². The maximum Gasteiger partial charge on any atom is 0.131 e. The fourth-order valence-corrected chi connectivity index (χ4v) is 3.95. The topological polar surface area (TPSA) is 98.5 Å². The minimum Gasteiger partial charge on any atom is -0.489 e. The zero-order valence-corrected chi connectivity index (χ0v) is 19.9. The molecule has 6 heteroatoms. The van der Waals surface area contributed by atoms with Crippen molar-refractivity contribution >= 4 is 17.1 Å². The Morgan fingerprint density at radius 3 is 2.35 bits per heavy atom. The van der Waals surface area contributed by atoms with Crippen LogP contribution in [0.5, 0.6) is 5.75 Å². The third kappa shape index (κ3) is 5.64. The third-order valence-electron chi connectivity index (χ3n) is 6.07. The van der Waals surface area contributed by atoms with E-state index in [1.807, 2.05) is 36.4 Å². The maximum atomic E-state index is 6.66. The molecule has 2 aromatic carbocycles. The first kappa shape index (κ1) is 23.5. The number of aromatic nitrogens is 1. The molecule has 0 fully saturated rings. The van der Waals surface area contributed by atoms with Gasteiger partial charge in [0.05, 0.1) is 5.70 Å². The maximum absolute atomic E-state index is 6.66. The second kappa shape index (κ2) is 11.0. The SMILES string of the molecule is CC(C)c1ccc(COc2ccc(C(C3=NCCC(CN)N3)=C(N)c3ccncc3)cc2)cc1. The van der Waals surface area contributed by atoms with Gasteiger partial charge in [0.2, 0.25) is 0 Å². The van der Waals surface area contributed by atoms with Crippen molar-refractivity contribution in [3.05, 3.63) is 95.3 Å². The Morgan fingerprint density at radius 1 is 1.00 bits per heavy atom. The van der Waals surface area contributed by atoms with E-state index in [2.05, 4.69) is 48.4 Å². The van der Waals surface area contributed by atoms with E-state index in [-0.39, 0.29) is 6.04 Å². The van der Waals surface area contributed by atoms with Gasteiger partial charge in [0.25, 0.3) is 0 Å². The van der Waals surface area contributed by atoms with E-state index >= 15 is 0 Å². The molecule has 0 radical (unpaired) electrons. The third-order valence-corrected chi connectivity index (χ3v) is 6.07. The van der Waals surface area contributed by atoms with Crippen LogP contribution in [0.2, 0.25) is 0 Å². The molecule has 6 nitrogen and oxygen atoms in total. The van der Waals surface area contributed by atoms with Gasteiger partial charge in [-0.15, -0.1) is 0 Å². The lowest BCUT2D eigenvalue weighted by molar-refractivity contribution is 0.306. The van der Waals surface area contributed by atoms with Crippen LogP contribution in [0.3, 0.4) is 0 Å². The summed E-state index contributed by atoms with van der Waals surface area (Å²) >= 11 is 0. The highest BCUT2D eigenvalue weighted by atomic mass is 16.5. The Labute approximate surface area is 201 Å². The van der Waals surface area contributed by atoms with Crippen molar-refractivity contribution in [1.29, 1.82) is 0 Å². The molecule has 1 aliphatic heterocycles. The normalized spacial score (nSPS) is 16.5. The standard InChI is InChI=1S/C28H33N5O/c1-19(2)21-5-3-20(4-6-21)18-34-25-9-7-22(8-10-25)26(27(30)23-11-14-31-15-12-23)28-32-16-13-24(17-29)33-28/h3-12,14-15,19,24H,13,16-18,29-30H2,1-2H3,(H,32,33). The van der Waals surface area contributed by atoms with Gasteiger partial charge < -0.3 is 21.5 Å². The van der Waals surface area contributed by atoms with Gasteiger partial charge in [-0.05, 0) is 53.3 Å². The average Bonchev–Trinajstić information content (AvgIpc) is 2.89. The van der Waals surface area contributed by atoms with Gasteiger partial charge in [-0.3, -0.25) is 9.98 Å². The number of nitrogens with two attached hydrogens (primary N) is 2. The molecule has 0 bridgehead atoms. The summed E-state index contributed by atoms with van der Waals surface area (Å²) in [6.45, 7) is 6.18. The fraction of sp³-hybridized carbons (Fsp3) is 0.286. The second-order valence-electron chi connectivity index (χ2n) is 8.83. The van der Waals surface area contributed by atoms with Crippen molar-refractivity contribution in [2.24, 2.45) is 16.5 Å². The number of rotatable bonds is 8. The number of ether oxygens (including phenoxy) is 1. The van der Waals surface area contributed by atoms with Crippen LogP contribution in [0.15, 0.2) is 78.0 Å². The Morgan fingerprint density at radius 2 is 1.71 bits per heavy atom. The summed E-state index contributed by atoms with van der Waals surface area (Å²) in [4.78, 5) is 8.84. The highest BCUT2D eigenvalue weighted by Crippen LogP contribution is 2.27. The molecule has 1 aliphatic rings. The van der Waals surface area contributed by atoms with Crippen LogP contribution in [0, 0.1) is 0 Å². The average molecular weight is 456 g/mol. The Bertz CT molecular complexity index is 1140. The van der Waals surface area contributed by atoms with Crippen molar-refractivity contribution in [1.82, 2.24) is 10.3 Å². The molecule has 1 atom stereocenters. The number of pyridine rings is 1. The highest BCUT2D eigenvalue weighted by Gasteiger charge is 2.21. The van der Waals surface area contributed by atoms with Crippen molar-refractivity contribution in [3.8, 4) is 5.75 Å². The van der Waals surface area contributed by atoms with Crippen LogP contribution in [-0.4, -0.2) is 30.0 Å². The van der Waals surface area contributed by atoms with Gasteiger partial charge in [-0.1, -0.05) is 50.2 Å². The summed E-state index contributed by atoms with van der Waals surface area (Å²) in [6, 6.07) is 20.6. The Kier molecular flexibility index (Phi) is 7.60. The first-order valence-electron chi connectivity index (χ1n) is 11.8. The Balaban J connectivity index is 1.57. The zero-order valence-electron chi connectivity index (χ0n) is 19.9. The molecule has 3 aromatic rings. The van der Waals surface area contributed by atoms with E-state index < -0.39 is 0 Å². The fourth-order valence-electron chi connectivity index (χ4n) is 3.95. The quantitative estimate of drug-likeness (QED) is 0.470. The summed E-state index contributed by atoms with van der Waals surface area (Å²) in [5.74, 6) is 2.10. The molecule has 0 saturated heterocycles. The number of nitrogens with zero attached hydrogens (tertiary/aromatic N) is 2. The molecule has 2 heterocycles. The number of hydrogen-bond acceptors (Lipinski definition) is 6. The zero-order chi connectivity index (χ0) is 23.9. The lowest BCUT2D eigenvalue weighted by Crippen LogP contribution is -2.44. The van der Waals surface area contributed by atoms with E-state index in [1.54, 1.807) is 12.4 Å². The van der Waals surface area contributed by atoms with E-state index in [0.29, 0.717) is 31.3 Å². The molecule has 34 heavy (non-hydrogen) atoms. The van der Waals surface area contributed by atoms with Gasteiger partial charge in [0.15, 0.2) is 0 Å². The summed E-state index contributed by atoms with van der Waals surface area (Å²) < 4.78 is 6.03. The number of amidine groups is 1. The van der Waals surface area contributed by atoms with Crippen LogP contribution in [-0.2, 0) is 6.61 Å². The van der Waals surface area contributed by atoms with E-state index in [9.17, 15) is 0 Å². The van der Waals surface area contributed by atoms with Gasteiger partial charge in [-0.2, -0.15) is 0 Å². The van der Waals surface area contributed by atoms with Crippen LogP contribution in [0.25, 0.3) is 11.3 Å². The number of aliphatic imine (C=N–C) groups is 1. The van der Waals surface area contributed by atoms with E-state index in [4.69, 9.17) is 21.2 Å². The first-order chi connectivity index (χ1) is 16.5. The summed E-state index contributed by atoms with van der Waals surface area (Å²) in [5.41, 5.74) is 18.4. The summed E-state index contributed by atoms with van der Waals surface area (Å²) in [5, 5.41) is 3.47. The predicted octanol–water partition coefficient (Wildman–Crippen LogP) is 4.33. The van der Waals surface area contributed by atoms with Crippen molar-refractivity contribution in [2.45, 2.75) is 38.8 Å². The summed E-state index contributed by atoms with van der Waals surface area (Å²) in [7, 11) is 0. The lowest BCUT2D eigenvalue weighted by atomic mass is 9.97. The van der Waals surface area contributed by atoms with Crippen molar-refractivity contribution in [2.75, 3.05) is 13.1 Å². The van der Waals surface area contributed by atoms with Crippen LogP contribution >= 0.6 is 0 Å².